The van der Waals surface area contributed by atoms with Gasteiger partial charge in [0.15, 0.2) is 0 Å². The fourth-order valence-corrected chi connectivity index (χ4v) is 3.58. The molecule has 8 heteroatoms. The molecule has 5 nitrogen and oxygen atoms in total. The van der Waals surface area contributed by atoms with Crippen molar-refractivity contribution in [1.29, 1.82) is 0 Å². The zero-order valence-electron chi connectivity index (χ0n) is 12.5. The van der Waals surface area contributed by atoms with E-state index in [4.69, 9.17) is 10.5 Å². The largest absolute Gasteiger partial charge is 0.364 e. The number of nitrogens with one attached hydrogen (secondary N) is 1. The van der Waals surface area contributed by atoms with Crippen molar-refractivity contribution in [2.24, 2.45) is 11.7 Å². The van der Waals surface area contributed by atoms with Crippen molar-refractivity contribution in [2.45, 2.75) is 50.9 Å². The first-order valence-electron chi connectivity index (χ1n) is 7.25. The molecule has 2 heterocycles. The first-order chi connectivity index (χ1) is 9.67. The second-order valence-corrected chi connectivity index (χ2v) is 6.60. The molecule has 1 aromatic rings. The fraction of sp³-hybridized carbons (Fsp3) is 0.714. The van der Waals surface area contributed by atoms with Crippen LogP contribution < -0.4 is 11.1 Å². The van der Waals surface area contributed by atoms with Gasteiger partial charge in [-0.1, -0.05) is 0 Å². The molecule has 0 spiro atoms. The van der Waals surface area contributed by atoms with Crippen LogP contribution in [0.1, 0.15) is 42.4 Å². The summed E-state index contributed by atoms with van der Waals surface area (Å²) < 4.78 is 5.66. The van der Waals surface area contributed by atoms with E-state index in [0.29, 0.717) is 12.5 Å². The minimum atomic E-state index is -0.342. The summed E-state index contributed by atoms with van der Waals surface area (Å²) in [6.45, 7) is 2.47. The first-order valence-corrected chi connectivity index (χ1v) is 8.13. The lowest BCUT2D eigenvalue weighted by molar-refractivity contribution is -0.132. The van der Waals surface area contributed by atoms with Gasteiger partial charge in [0, 0.05) is 17.6 Å². The molecular weight excluding hydrogens is 345 g/mol. The highest BCUT2D eigenvalue weighted by Gasteiger charge is 2.38. The molecule has 0 bridgehead atoms. The van der Waals surface area contributed by atoms with E-state index in [1.54, 1.807) is 11.3 Å². The molecule has 1 unspecified atom stereocenters. The van der Waals surface area contributed by atoms with Crippen molar-refractivity contribution >= 4 is 42.1 Å². The van der Waals surface area contributed by atoms with Crippen molar-refractivity contribution in [3.05, 3.63) is 16.1 Å². The van der Waals surface area contributed by atoms with E-state index in [0.717, 1.165) is 23.5 Å². The van der Waals surface area contributed by atoms with E-state index in [2.05, 4.69) is 10.3 Å². The molecule has 1 saturated carbocycles. The first kappa shape index (κ1) is 19.6. The number of nitrogens with zero attached hydrogens (tertiary/aromatic N) is 1. The van der Waals surface area contributed by atoms with Crippen LogP contribution in [0.5, 0.6) is 0 Å². The van der Waals surface area contributed by atoms with Crippen LogP contribution in [0.2, 0.25) is 0 Å². The average molecular weight is 368 g/mol. The Morgan fingerprint density at radius 1 is 1.45 bits per heavy atom. The lowest BCUT2D eigenvalue weighted by Gasteiger charge is -2.19. The van der Waals surface area contributed by atoms with Gasteiger partial charge in [-0.05, 0) is 38.5 Å². The highest BCUT2D eigenvalue weighted by atomic mass is 35.5. The Labute approximate surface area is 147 Å². The summed E-state index contributed by atoms with van der Waals surface area (Å²) in [7, 11) is 0. The van der Waals surface area contributed by atoms with Crippen LogP contribution in [0.25, 0.3) is 0 Å². The van der Waals surface area contributed by atoms with E-state index in [1.807, 2.05) is 12.3 Å². The minimum Gasteiger partial charge on any atom is -0.364 e. The third-order valence-electron chi connectivity index (χ3n) is 3.96. The van der Waals surface area contributed by atoms with Crippen molar-refractivity contribution in [2.75, 3.05) is 6.54 Å². The number of hydrogen-bond donors (Lipinski definition) is 2. The predicted octanol–water partition coefficient (Wildman–Crippen LogP) is 2.37. The number of carbonyl (C=O) groups is 1. The van der Waals surface area contributed by atoms with Crippen molar-refractivity contribution in [3.63, 3.8) is 0 Å². The topological polar surface area (TPSA) is 77.2 Å². The number of carbonyl (C=O) groups excluding carboxylic acids is 1. The van der Waals surface area contributed by atoms with E-state index in [-0.39, 0.29) is 49.0 Å². The molecule has 3 atom stereocenters. The normalized spacial score (nSPS) is 25.0. The molecule has 0 radical (unpaired) electrons. The summed E-state index contributed by atoms with van der Waals surface area (Å²) in [4.78, 5) is 16.9. The Bertz CT molecular complexity index is 496. The van der Waals surface area contributed by atoms with Gasteiger partial charge in [-0.3, -0.25) is 4.79 Å². The number of ether oxygens (including phenoxy) is 1. The quantitative estimate of drug-likeness (QED) is 0.837. The zero-order valence-corrected chi connectivity index (χ0v) is 14.9. The lowest BCUT2D eigenvalue weighted by Crippen LogP contribution is -2.38. The predicted molar refractivity (Wildman–Crippen MR) is 91.9 cm³/mol. The van der Waals surface area contributed by atoms with E-state index < -0.39 is 0 Å². The molecule has 2 aliphatic rings. The van der Waals surface area contributed by atoms with Crippen molar-refractivity contribution < 1.29 is 9.53 Å². The number of aromatic nitrogens is 1. The zero-order chi connectivity index (χ0) is 14.1. The number of amides is 1. The van der Waals surface area contributed by atoms with Crippen LogP contribution >= 0.6 is 36.2 Å². The van der Waals surface area contributed by atoms with Gasteiger partial charge < -0.3 is 15.8 Å². The standard InChI is InChI=1S/C14H21N3O2S.2ClH/c1-8-7-20-14(16-8)12(9-2-3-9)17-13(18)11-5-4-10(6-15)19-11;;/h7,9-12H,2-6,15H2,1H3,(H,17,18);2*1H/t10-,11+,12?;;/m1../s1. The van der Waals surface area contributed by atoms with E-state index in [9.17, 15) is 4.79 Å². The Morgan fingerprint density at radius 3 is 2.68 bits per heavy atom. The maximum Gasteiger partial charge on any atom is 0.249 e. The third kappa shape index (κ3) is 4.55. The maximum atomic E-state index is 12.3. The number of halogens is 2. The molecule has 1 aliphatic heterocycles. The van der Waals surface area contributed by atoms with Gasteiger partial charge in [0.2, 0.25) is 5.91 Å². The number of rotatable bonds is 5. The van der Waals surface area contributed by atoms with Gasteiger partial charge in [0.25, 0.3) is 0 Å². The molecule has 1 amide bonds. The maximum absolute atomic E-state index is 12.3. The summed E-state index contributed by atoms with van der Waals surface area (Å²) >= 11 is 1.63. The molecule has 22 heavy (non-hydrogen) atoms. The molecule has 126 valence electrons. The van der Waals surface area contributed by atoms with Gasteiger partial charge >= 0.3 is 0 Å². The Kier molecular flexibility index (Phi) is 7.55. The smallest absolute Gasteiger partial charge is 0.249 e. The Balaban J connectivity index is 0.00000121. The van der Waals surface area contributed by atoms with Gasteiger partial charge in [-0.15, -0.1) is 36.2 Å². The molecule has 3 rings (SSSR count). The van der Waals surface area contributed by atoms with E-state index in [1.165, 1.54) is 12.8 Å². The van der Waals surface area contributed by atoms with Crippen LogP contribution in [-0.2, 0) is 9.53 Å². The van der Waals surface area contributed by atoms with Crippen LogP contribution in [0.15, 0.2) is 5.38 Å². The summed E-state index contributed by atoms with van der Waals surface area (Å²) in [5.41, 5.74) is 6.60. The molecule has 3 N–H and O–H groups in total. The summed E-state index contributed by atoms with van der Waals surface area (Å²) in [5.74, 6) is 0.530. The van der Waals surface area contributed by atoms with Crippen LogP contribution in [-0.4, -0.2) is 29.6 Å². The summed E-state index contributed by atoms with van der Waals surface area (Å²) in [5, 5.41) is 6.19. The van der Waals surface area contributed by atoms with Gasteiger partial charge in [0.05, 0.1) is 12.1 Å². The summed E-state index contributed by atoms with van der Waals surface area (Å²) in [6, 6.07) is 0.0572. The van der Waals surface area contributed by atoms with Gasteiger partial charge in [-0.25, -0.2) is 4.98 Å². The average Bonchev–Trinajstić information content (AvgIpc) is 3.00. The summed E-state index contributed by atoms with van der Waals surface area (Å²) in [6.07, 6.45) is 3.67. The number of hydrogen-bond acceptors (Lipinski definition) is 5. The fourth-order valence-electron chi connectivity index (χ4n) is 2.64. The molecule has 2 fully saturated rings. The SMILES string of the molecule is Cc1csc(C(NC(=O)[C@@H]2CC[C@H](CN)O2)C2CC2)n1.Cl.Cl. The van der Waals surface area contributed by atoms with Crippen molar-refractivity contribution in [3.8, 4) is 0 Å². The van der Waals surface area contributed by atoms with Crippen molar-refractivity contribution in [1.82, 2.24) is 10.3 Å². The number of thiazole rings is 1. The van der Waals surface area contributed by atoms with Gasteiger partial charge in [-0.2, -0.15) is 0 Å². The Hall–Kier alpha value is -0.400. The van der Waals surface area contributed by atoms with Crippen LogP contribution in [0.4, 0.5) is 0 Å². The second kappa shape index (κ2) is 8.45. The molecule has 0 aromatic carbocycles. The highest BCUT2D eigenvalue weighted by molar-refractivity contribution is 7.09. The number of nitrogens with two attached hydrogens (primary N) is 1. The van der Waals surface area contributed by atoms with Crippen LogP contribution in [0, 0.1) is 12.8 Å². The highest BCUT2D eigenvalue weighted by Crippen LogP contribution is 2.42. The molecule has 1 aliphatic carbocycles. The number of aryl methyl sites for hydroxylation is 1. The Morgan fingerprint density at radius 2 is 2.18 bits per heavy atom. The minimum absolute atomic E-state index is 0. The monoisotopic (exact) mass is 367 g/mol. The van der Waals surface area contributed by atoms with Gasteiger partial charge in [0.1, 0.15) is 11.1 Å². The lowest BCUT2D eigenvalue weighted by atomic mass is 10.1. The third-order valence-corrected chi connectivity index (χ3v) is 5.00. The van der Waals surface area contributed by atoms with Crippen LogP contribution in [0.3, 0.4) is 0 Å². The molecule has 1 aromatic heterocycles. The molecule has 1 saturated heterocycles. The van der Waals surface area contributed by atoms with E-state index >= 15 is 0 Å². The molecular formula is C14H23Cl2N3O2S. The second-order valence-electron chi connectivity index (χ2n) is 5.71.